The van der Waals surface area contributed by atoms with E-state index in [4.69, 9.17) is 30.2 Å². The van der Waals surface area contributed by atoms with Gasteiger partial charge in [-0.1, -0.05) is 33.6 Å². The van der Waals surface area contributed by atoms with Crippen LogP contribution in [0.4, 0.5) is 0 Å². The lowest BCUT2D eigenvalue weighted by Gasteiger charge is -2.34. The summed E-state index contributed by atoms with van der Waals surface area (Å²) in [5.74, 6) is 2.92. The molecule has 0 unspecified atom stereocenters. The Morgan fingerprint density at radius 3 is 2.64 bits per heavy atom. The maximum Gasteiger partial charge on any atom is 0.289 e. The number of furan rings is 1. The quantitative estimate of drug-likeness (QED) is 0.446. The highest BCUT2D eigenvalue weighted by atomic mass is 79.9. The SMILES string of the molecule is O=C(c1ccc(COc2ccc(Br)cc2Cl)o1)N1CCN(Cc2ccc3c(c2)OCO3)CC1. The summed E-state index contributed by atoms with van der Waals surface area (Å²) in [6.07, 6.45) is 0. The molecule has 7 nitrogen and oxygen atoms in total. The van der Waals surface area contributed by atoms with Gasteiger partial charge in [0.25, 0.3) is 5.91 Å². The van der Waals surface area contributed by atoms with Crippen molar-refractivity contribution in [3.8, 4) is 17.2 Å². The smallest absolute Gasteiger partial charge is 0.289 e. The van der Waals surface area contributed by atoms with Crippen molar-refractivity contribution in [2.45, 2.75) is 13.2 Å². The number of rotatable bonds is 6. The van der Waals surface area contributed by atoms with E-state index in [1.54, 1.807) is 24.3 Å². The van der Waals surface area contributed by atoms with Crippen LogP contribution in [0.25, 0.3) is 0 Å². The minimum absolute atomic E-state index is 0.106. The summed E-state index contributed by atoms with van der Waals surface area (Å²) >= 11 is 9.55. The average Bonchev–Trinajstić information content (AvgIpc) is 3.48. The average molecular weight is 534 g/mol. The summed E-state index contributed by atoms with van der Waals surface area (Å²) in [6.45, 7) is 4.14. The maximum absolute atomic E-state index is 12.9. The van der Waals surface area contributed by atoms with Crippen LogP contribution in [0.2, 0.25) is 5.02 Å². The molecule has 9 heteroatoms. The van der Waals surface area contributed by atoms with Gasteiger partial charge in [0.2, 0.25) is 6.79 Å². The van der Waals surface area contributed by atoms with E-state index >= 15 is 0 Å². The van der Waals surface area contributed by atoms with Crippen molar-refractivity contribution < 1.29 is 23.4 Å². The number of ether oxygens (including phenoxy) is 3. The van der Waals surface area contributed by atoms with Gasteiger partial charge >= 0.3 is 0 Å². The van der Waals surface area contributed by atoms with Crippen LogP contribution in [0.5, 0.6) is 17.2 Å². The number of amides is 1. The van der Waals surface area contributed by atoms with Crippen LogP contribution in [0.1, 0.15) is 21.9 Å². The third-order valence-corrected chi connectivity index (χ3v) is 6.43. The Balaban J connectivity index is 1.12. The fourth-order valence-electron chi connectivity index (χ4n) is 3.87. The van der Waals surface area contributed by atoms with Crippen molar-refractivity contribution in [1.82, 2.24) is 9.80 Å². The van der Waals surface area contributed by atoms with E-state index in [1.807, 2.05) is 23.1 Å². The van der Waals surface area contributed by atoms with Crippen LogP contribution in [-0.2, 0) is 13.2 Å². The molecular formula is C24H22BrClN2O5. The number of nitrogens with zero attached hydrogens (tertiary/aromatic N) is 2. The van der Waals surface area contributed by atoms with Gasteiger partial charge in [-0.05, 0) is 48.0 Å². The number of hydrogen-bond acceptors (Lipinski definition) is 6. The first kappa shape index (κ1) is 22.1. The summed E-state index contributed by atoms with van der Waals surface area (Å²) in [4.78, 5) is 17.0. The van der Waals surface area contributed by atoms with Gasteiger partial charge in [-0.3, -0.25) is 9.69 Å². The second kappa shape index (κ2) is 9.67. The lowest BCUT2D eigenvalue weighted by atomic mass is 10.1. The number of piperazine rings is 1. The van der Waals surface area contributed by atoms with Gasteiger partial charge in [-0.2, -0.15) is 0 Å². The molecule has 33 heavy (non-hydrogen) atoms. The van der Waals surface area contributed by atoms with Crippen molar-refractivity contribution >= 4 is 33.4 Å². The van der Waals surface area contributed by atoms with E-state index in [0.717, 1.165) is 35.6 Å². The Kier molecular flexibility index (Phi) is 6.48. The number of carbonyl (C=O) groups is 1. The molecule has 0 saturated carbocycles. The molecule has 1 fully saturated rings. The molecule has 0 radical (unpaired) electrons. The van der Waals surface area contributed by atoms with Crippen LogP contribution < -0.4 is 14.2 Å². The molecular weight excluding hydrogens is 512 g/mol. The van der Waals surface area contributed by atoms with Crippen molar-refractivity contribution in [2.75, 3.05) is 33.0 Å². The molecule has 0 spiro atoms. The largest absolute Gasteiger partial charge is 0.484 e. The van der Waals surface area contributed by atoms with Gasteiger partial charge in [0, 0.05) is 37.2 Å². The molecule has 1 amide bonds. The predicted molar refractivity (Wildman–Crippen MR) is 126 cm³/mol. The Bertz CT molecular complexity index is 1160. The number of halogens is 2. The third kappa shape index (κ3) is 5.13. The van der Waals surface area contributed by atoms with Gasteiger partial charge in [0.15, 0.2) is 17.3 Å². The maximum atomic E-state index is 12.9. The molecule has 3 aromatic rings. The first-order chi connectivity index (χ1) is 16.0. The summed E-state index contributed by atoms with van der Waals surface area (Å²) in [6, 6.07) is 14.9. The zero-order valence-electron chi connectivity index (χ0n) is 17.8. The third-order valence-electron chi connectivity index (χ3n) is 5.64. The first-order valence-electron chi connectivity index (χ1n) is 10.6. The predicted octanol–water partition coefficient (Wildman–Crippen LogP) is 4.96. The van der Waals surface area contributed by atoms with Crippen LogP contribution in [-0.4, -0.2) is 48.7 Å². The van der Waals surface area contributed by atoms with Crippen molar-refractivity contribution in [2.24, 2.45) is 0 Å². The monoisotopic (exact) mass is 532 g/mol. The molecule has 0 bridgehead atoms. The summed E-state index contributed by atoms with van der Waals surface area (Å²) in [5.41, 5.74) is 1.17. The van der Waals surface area contributed by atoms with Gasteiger partial charge in [0.1, 0.15) is 18.1 Å². The molecule has 0 aliphatic carbocycles. The second-order valence-electron chi connectivity index (χ2n) is 7.89. The minimum atomic E-state index is -0.106. The highest BCUT2D eigenvalue weighted by Gasteiger charge is 2.25. The van der Waals surface area contributed by atoms with E-state index in [-0.39, 0.29) is 19.3 Å². The Morgan fingerprint density at radius 2 is 1.82 bits per heavy atom. The van der Waals surface area contributed by atoms with Crippen molar-refractivity contribution in [1.29, 1.82) is 0 Å². The van der Waals surface area contributed by atoms with E-state index < -0.39 is 0 Å². The summed E-state index contributed by atoms with van der Waals surface area (Å²) in [5, 5.41) is 0.505. The van der Waals surface area contributed by atoms with Crippen molar-refractivity contribution in [3.05, 3.63) is 75.1 Å². The van der Waals surface area contributed by atoms with Crippen LogP contribution >= 0.6 is 27.5 Å². The Labute approximate surface area is 204 Å². The zero-order chi connectivity index (χ0) is 22.8. The van der Waals surface area contributed by atoms with E-state index in [2.05, 4.69) is 26.9 Å². The zero-order valence-corrected chi connectivity index (χ0v) is 20.1. The standard InChI is InChI=1S/C24H22BrClN2O5/c25-17-2-5-20(19(26)12-17)30-14-18-3-6-22(33-18)24(29)28-9-7-27(8-10-28)13-16-1-4-21-23(11-16)32-15-31-21/h1-6,11-12H,7-10,13-15H2. The topological polar surface area (TPSA) is 64.4 Å². The molecule has 2 aromatic carbocycles. The van der Waals surface area contributed by atoms with Crippen LogP contribution in [0.15, 0.2) is 57.4 Å². The van der Waals surface area contributed by atoms with E-state index in [0.29, 0.717) is 35.4 Å². The molecule has 2 aliphatic heterocycles. The lowest BCUT2D eigenvalue weighted by molar-refractivity contribution is 0.0594. The highest BCUT2D eigenvalue weighted by Crippen LogP contribution is 2.33. The summed E-state index contributed by atoms with van der Waals surface area (Å²) in [7, 11) is 0. The van der Waals surface area contributed by atoms with E-state index in [9.17, 15) is 4.79 Å². The van der Waals surface area contributed by atoms with E-state index in [1.165, 1.54) is 5.56 Å². The second-order valence-corrected chi connectivity index (χ2v) is 9.21. The first-order valence-corrected chi connectivity index (χ1v) is 11.8. The lowest BCUT2D eigenvalue weighted by Crippen LogP contribution is -2.48. The normalized spacial score (nSPS) is 15.6. The van der Waals surface area contributed by atoms with Gasteiger partial charge in [0.05, 0.1) is 5.02 Å². The fourth-order valence-corrected chi connectivity index (χ4v) is 4.60. The molecule has 5 rings (SSSR count). The Morgan fingerprint density at radius 1 is 1.00 bits per heavy atom. The van der Waals surface area contributed by atoms with Gasteiger partial charge in [-0.15, -0.1) is 0 Å². The minimum Gasteiger partial charge on any atom is -0.484 e. The molecule has 0 N–H and O–H groups in total. The molecule has 1 saturated heterocycles. The number of benzene rings is 2. The van der Waals surface area contributed by atoms with Crippen LogP contribution in [0, 0.1) is 0 Å². The molecule has 1 aromatic heterocycles. The van der Waals surface area contributed by atoms with Gasteiger partial charge < -0.3 is 23.5 Å². The summed E-state index contributed by atoms with van der Waals surface area (Å²) < 4.78 is 23.2. The number of fused-ring (bicyclic) bond motifs is 1. The molecule has 172 valence electrons. The highest BCUT2D eigenvalue weighted by molar-refractivity contribution is 9.10. The number of carbonyl (C=O) groups excluding carboxylic acids is 1. The van der Waals surface area contributed by atoms with Gasteiger partial charge in [-0.25, -0.2) is 0 Å². The fraction of sp³-hybridized carbons (Fsp3) is 0.292. The number of hydrogen-bond donors (Lipinski definition) is 0. The Hall–Kier alpha value is -2.68. The molecule has 2 aliphatic rings. The van der Waals surface area contributed by atoms with Crippen molar-refractivity contribution in [3.63, 3.8) is 0 Å². The molecule has 0 atom stereocenters. The van der Waals surface area contributed by atoms with Crippen LogP contribution in [0.3, 0.4) is 0 Å². The molecule has 3 heterocycles.